The van der Waals surface area contributed by atoms with Gasteiger partial charge in [0.2, 0.25) is 11.5 Å². The maximum Gasteiger partial charge on any atom is 0.207 e. The van der Waals surface area contributed by atoms with Crippen molar-refractivity contribution in [3.05, 3.63) is 11.1 Å². The third kappa shape index (κ3) is 18.4. The molecule has 0 aliphatic heterocycles. The first-order valence-electron chi connectivity index (χ1n) is 19.5. The normalized spacial score (nSPS) is 11.4. The summed E-state index contributed by atoms with van der Waals surface area (Å²) in [5, 5.41) is 22.6. The third-order valence-electron chi connectivity index (χ3n) is 9.12. The van der Waals surface area contributed by atoms with Gasteiger partial charge < -0.3 is 19.7 Å². The van der Waals surface area contributed by atoms with Crippen LogP contribution in [0.15, 0.2) is 0 Å². The average Bonchev–Trinajstić information content (AvgIpc) is 3.03. The van der Waals surface area contributed by atoms with Crippen LogP contribution in [-0.4, -0.2) is 23.4 Å². The predicted octanol–water partition coefficient (Wildman–Crippen LogP) is 13.2. The van der Waals surface area contributed by atoms with Gasteiger partial charge in [0.1, 0.15) is 0 Å². The molecular formula is C40H74O4. The van der Waals surface area contributed by atoms with E-state index in [4.69, 9.17) is 9.47 Å². The van der Waals surface area contributed by atoms with Gasteiger partial charge in [-0.2, -0.15) is 0 Å². The van der Waals surface area contributed by atoms with Crippen LogP contribution in [-0.2, 0) is 12.8 Å². The van der Waals surface area contributed by atoms with E-state index < -0.39 is 0 Å². The summed E-state index contributed by atoms with van der Waals surface area (Å²) in [6.07, 6.45) is 33.3. The van der Waals surface area contributed by atoms with Crippen LogP contribution >= 0.6 is 0 Å². The number of aromatic hydroxyl groups is 2. The molecule has 0 atom stereocenters. The molecule has 258 valence electrons. The van der Waals surface area contributed by atoms with Crippen LogP contribution in [0.2, 0.25) is 0 Å². The minimum absolute atomic E-state index is 0.0254. The van der Waals surface area contributed by atoms with Crippen molar-refractivity contribution in [2.24, 2.45) is 0 Å². The smallest absolute Gasteiger partial charge is 0.207 e. The topological polar surface area (TPSA) is 58.9 Å². The Morgan fingerprint density at radius 1 is 0.341 bits per heavy atom. The zero-order chi connectivity index (χ0) is 32.1. The van der Waals surface area contributed by atoms with E-state index in [1.165, 1.54) is 128 Å². The van der Waals surface area contributed by atoms with Gasteiger partial charge >= 0.3 is 0 Å². The van der Waals surface area contributed by atoms with Crippen molar-refractivity contribution < 1.29 is 19.7 Å². The SMILES string of the molecule is CCCCCCCCCOc1c(O)c(O)c(CCCCCCCC)c(CCCCCCCC)c1OCCCCCCCCC. The highest BCUT2D eigenvalue weighted by molar-refractivity contribution is 5.66. The van der Waals surface area contributed by atoms with E-state index in [2.05, 4.69) is 27.7 Å². The number of hydrogen-bond donors (Lipinski definition) is 2. The molecule has 0 saturated carbocycles. The van der Waals surface area contributed by atoms with E-state index in [9.17, 15) is 10.2 Å². The molecule has 0 fully saturated rings. The van der Waals surface area contributed by atoms with Gasteiger partial charge in [0.15, 0.2) is 11.5 Å². The lowest BCUT2D eigenvalue weighted by Gasteiger charge is -2.22. The molecule has 0 aromatic heterocycles. The van der Waals surface area contributed by atoms with Crippen LogP contribution in [0.5, 0.6) is 23.0 Å². The van der Waals surface area contributed by atoms with Gasteiger partial charge in [-0.05, 0) is 38.5 Å². The zero-order valence-corrected chi connectivity index (χ0v) is 29.9. The highest BCUT2D eigenvalue weighted by atomic mass is 16.5. The van der Waals surface area contributed by atoms with Crippen molar-refractivity contribution in [1.29, 1.82) is 0 Å². The summed E-state index contributed by atoms with van der Waals surface area (Å²) in [5.41, 5.74) is 1.98. The maximum absolute atomic E-state index is 11.3. The minimum atomic E-state index is -0.116. The number of hydrogen-bond acceptors (Lipinski definition) is 4. The summed E-state index contributed by atoms with van der Waals surface area (Å²) < 4.78 is 12.8. The molecule has 1 rings (SSSR count). The molecule has 1 aromatic carbocycles. The van der Waals surface area contributed by atoms with E-state index >= 15 is 0 Å². The largest absolute Gasteiger partial charge is 0.504 e. The lowest BCUT2D eigenvalue weighted by Crippen LogP contribution is -2.09. The number of benzene rings is 1. The van der Waals surface area contributed by atoms with Crippen molar-refractivity contribution >= 4 is 0 Å². The second-order valence-electron chi connectivity index (χ2n) is 13.3. The third-order valence-corrected chi connectivity index (χ3v) is 9.12. The first-order valence-corrected chi connectivity index (χ1v) is 19.5. The predicted molar refractivity (Wildman–Crippen MR) is 191 cm³/mol. The van der Waals surface area contributed by atoms with Crippen molar-refractivity contribution in [1.82, 2.24) is 0 Å². The molecule has 0 unspecified atom stereocenters. The molecular weight excluding hydrogens is 544 g/mol. The van der Waals surface area contributed by atoms with E-state index in [0.29, 0.717) is 24.7 Å². The highest BCUT2D eigenvalue weighted by Gasteiger charge is 2.26. The Morgan fingerprint density at radius 3 is 1.07 bits per heavy atom. The standard InChI is InChI=1S/C40H74O4/c1-5-9-13-17-21-25-29-33-43-39-36(32-28-24-20-16-12-8-4)35(31-27-23-19-15-11-7-3)37(41)38(42)40(39)44-34-30-26-22-18-14-10-6-2/h41-42H,5-34H2,1-4H3. The summed E-state index contributed by atoms with van der Waals surface area (Å²) >= 11 is 0. The van der Waals surface area contributed by atoms with Crippen LogP contribution < -0.4 is 9.47 Å². The molecule has 0 aliphatic rings. The second-order valence-corrected chi connectivity index (χ2v) is 13.3. The average molecular weight is 619 g/mol. The van der Waals surface area contributed by atoms with Crippen molar-refractivity contribution in [2.75, 3.05) is 13.2 Å². The van der Waals surface area contributed by atoms with E-state index in [0.717, 1.165) is 62.5 Å². The summed E-state index contributed by atoms with van der Waals surface area (Å²) in [5.74, 6) is 1.00. The zero-order valence-electron chi connectivity index (χ0n) is 29.9. The van der Waals surface area contributed by atoms with Crippen molar-refractivity contribution in [3.63, 3.8) is 0 Å². The summed E-state index contributed by atoms with van der Waals surface area (Å²) in [4.78, 5) is 0. The first-order chi connectivity index (χ1) is 21.6. The highest BCUT2D eigenvalue weighted by Crippen LogP contribution is 2.50. The molecule has 4 nitrogen and oxygen atoms in total. The van der Waals surface area contributed by atoms with Crippen LogP contribution in [0.25, 0.3) is 0 Å². The maximum atomic E-state index is 11.3. The van der Waals surface area contributed by atoms with Crippen molar-refractivity contribution in [2.45, 2.75) is 207 Å². The van der Waals surface area contributed by atoms with Gasteiger partial charge in [-0.15, -0.1) is 0 Å². The monoisotopic (exact) mass is 619 g/mol. The van der Waals surface area contributed by atoms with Crippen LogP contribution in [0.3, 0.4) is 0 Å². The lowest BCUT2D eigenvalue weighted by molar-refractivity contribution is 0.242. The van der Waals surface area contributed by atoms with Gasteiger partial charge in [-0.1, -0.05) is 169 Å². The van der Waals surface area contributed by atoms with Crippen LogP contribution in [0, 0.1) is 0 Å². The molecule has 0 radical (unpaired) electrons. The molecule has 1 aromatic rings. The second kappa shape index (κ2) is 28.9. The summed E-state index contributed by atoms with van der Waals surface area (Å²) in [6, 6.07) is 0. The van der Waals surface area contributed by atoms with Gasteiger partial charge in [-0.3, -0.25) is 0 Å². The Balaban J connectivity index is 3.08. The van der Waals surface area contributed by atoms with Gasteiger partial charge in [0, 0.05) is 11.1 Å². The fraction of sp³-hybridized carbons (Fsp3) is 0.850. The first kappa shape index (κ1) is 40.4. The van der Waals surface area contributed by atoms with Crippen LogP contribution in [0.1, 0.15) is 206 Å². The van der Waals surface area contributed by atoms with E-state index in [1.54, 1.807) is 0 Å². The van der Waals surface area contributed by atoms with Crippen molar-refractivity contribution in [3.8, 4) is 23.0 Å². The molecule has 44 heavy (non-hydrogen) atoms. The Bertz CT molecular complexity index is 790. The molecule has 4 heteroatoms. The summed E-state index contributed by atoms with van der Waals surface area (Å²) in [6.45, 7) is 10.2. The molecule has 0 aliphatic carbocycles. The summed E-state index contributed by atoms with van der Waals surface area (Å²) in [7, 11) is 0. The molecule has 0 saturated heterocycles. The van der Waals surface area contributed by atoms with Gasteiger partial charge in [0.05, 0.1) is 13.2 Å². The number of phenolic OH excluding ortho intramolecular Hbond substituents is 2. The quantitative estimate of drug-likeness (QED) is 0.0623. The Kier molecular flexibility index (Phi) is 26.5. The Hall–Kier alpha value is -1.58. The van der Waals surface area contributed by atoms with Gasteiger partial charge in [0.25, 0.3) is 0 Å². The number of ether oxygens (including phenoxy) is 2. The lowest BCUT2D eigenvalue weighted by atomic mass is 9.93. The molecule has 2 N–H and O–H groups in total. The fourth-order valence-corrected chi connectivity index (χ4v) is 6.23. The van der Waals surface area contributed by atoms with Crippen LogP contribution in [0.4, 0.5) is 0 Å². The minimum Gasteiger partial charge on any atom is -0.504 e. The Labute approximate surface area is 274 Å². The molecule has 0 heterocycles. The number of rotatable bonds is 32. The Morgan fingerprint density at radius 2 is 0.659 bits per heavy atom. The number of unbranched alkanes of at least 4 members (excludes halogenated alkanes) is 22. The van der Waals surface area contributed by atoms with E-state index in [-0.39, 0.29) is 11.5 Å². The molecule has 0 bridgehead atoms. The fourth-order valence-electron chi connectivity index (χ4n) is 6.23. The molecule has 0 spiro atoms. The van der Waals surface area contributed by atoms with Gasteiger partial charge in [-0.25, -0.2) is 0 Å². The van der Waals surface area contributed by atoms with E-state index in [1.807, 2.05) is 0 Å². The molecule has 0 amide bonds. The number of phenols is 2.